The Kier molecular flexibility index (Phi) is 4.19. The van der Waals surface area contributed by atoms with Crippen LogP contribution in [-0.4, -0.2) is 19.3 Å². The van der Waals surface area contributed by atoms with E-state index >= 15 is 0 Å². The molecule has 3 heteroatoms. The average Bonchev–Trinajstić information content (AvgIpc) is 2.28. The Balaban J connectivity index is 3.12. The van der Waals surface area contributed by atoms with Gasteiger partial charge < -0.3 is 14.6 Å². The standard InChI is InChI=1S/C13H20O3/c1-5-8-13(2,14)11-7-6-10(15-3)9-12(11)16-4/h6-7,9,14H,5,8H2,1-4H3/t13-/m0/s1. The summed E-state index contributed by atoms with van der Waals surface area (Å²) in [5.41, 5.74) is -0.0514. The molecule has 3 nitrogen and oxygen atoms in total. The number of methoxy groups -OCH3 is 2. The van der Waals surface area contributed by atoms with Crippen LogP contribution in [0.5, 0.6) is 11.5 Å². The summed E-state index contributed by atoms with van der Waals surface area (Å²) in [5, 5.41) is 10.3. The van der Waals surface area contributed by atoms with E-state index in [0.29, 0.717) is 12.2 Å². The van der Waals surface area contributed by atoms with Crippen LogP contribution in [0.15, 0.2) is 18.2 Å². The summed E-state index contributed by atoms with van der Waals surface area (Å²) >= 11 is 0. The summed E-state index contributed by atoms with van der Waals surface area (Å²) in [5.74, 6) is 1.39. The predicted molar refractivity (Wildman–Crippen MR) is 64.0 cm³/mol. The zero-order valence-electron chi connectivity index (χ0n) is 10.4. The fourth-order valence-corrected chi connectivity index (χ4v) is 1.86. The number of ether oxygens (including phenoxy) is 2. The van der Waals surface area contributed by atoms with Crippen molar-refractivity contribution in [2.75, 3.05) is 14.2 Å². The first kappa shape index (κ1) is 12.8. The highest BCUT2D eigenvalue weighted by molar-refractivity contribution is 5.43. The van der Waals surface area contributed by atoms with Crippen LogP contribution in [0.3, 0.4) is 0 Å². The van der Waals surface area contributed by atoms with Gasteiger partial charge in [-0.05, 0) is 25.5 Å². The van der Waals surface area contributed by atoms with E-state index in [1.807, 2.05) is 19.1 Å². The highest BCUT2D eigenvalue weighted by atomic mass is 16.5. The smallest absolute Gasteiger partial charge is 0.128 e. The van der Waals surface area contributed by atoms with Crippen molar-refractivity contribution in [3.63, 3.8) is 0 Å². The largest absolute Gasteiger partial charge is 0.497 e. The van der Waals surface area contributed by atoms with Gasteiger partial charge in [0.1, 0.15) is 11.5 Å². The highest BCUT2D eigenvalue weighted by Crippen LogP contribution is 2.35. The Morgan fingerprint density at radius 2 is 1.94 bits per heavy atom. The predicted octanol–water partition coefficient (Wildman–Crippen LogP) is 2.71. The van der Waals surface area contributed by atoms with E-state index in [4.69, 9.17) is 9.47 Å². The van der Waals surface area contributed by atoms with Crippen molar-refractivity contribution in [3.05, 3.63) is 23.8 Å². The molecular weight excluding hydrogens is 204 g/mol. The highest BCUT2D eigenvalue weighted by Gasteiger charge is 2.25. The Hall–Kier alpha value is -1.22. The van der Waals surface area contributed by atoms with Crippen molar-refractivity contribution < 1.29 is 14.6 Å². The summed E-state index contributed by atoms with van der Waals surface area (Å²) in [7, 11) is 3.21. The third-order valence-corrected chi connectivity index (χ3v) is 2.73. The minimum absolute atomic E-state index is 0.665. The fraction of sp³-hybridized carbons (Fsp3) is 0.538. The lowest BCUT2D eigenvalue weighted by Gasteiger charge is -2.25. The maximum atomic E-state index is 10.3. The lowest BCUT2D eigenvalue weighted by Crippen LogP contribution is -2.21. The molecule has 1 N–H and O–H groups in total. The Bertz CT molecular complexity index is 345. The summed E-state index contributed by atoms with van der Waals surface area (Å²) in [6, 6.07) is 5.48. The summed E-state index contributed by atoms with van der Waals surface area (Å²) in [6.45, 7) is 3.85. The van der Waals surface area contributed by atoms with Crippen molar-refractivity contribution in [1.82, 2.24) is 0 Å². The SMILES string of the molecule is CCC[C@](C)(O)c1ccc(OC)cc1OC. The maximum absolute atomic E-state index is 10.3. The van der Waals surface area contributed by atoms with Crippen LogP contribution in [-0.2, 0) is 5.60 Å². The molecule has 1 aromatic rings. The molecule has 0 bridgehead atoms. The monoisotopic (exact) mass is 224 g/mol. The molecule has 16 heavy (non-hydrogen) atoms. The van der Waals surface area contributed by atoms with Gasteiger partial charge in [-0.3, -0.25) is 0 Å². The van der Waals surface area contributed by atoms with Crippen molar-refractivity contribution in [2.24, 2.45) is 0 Å². The lowest BCUT2D eigenvalue weighted by molar-refractivity contribution is 0.0444. The van der Waals surface area contributed by atoms with E-state index in [-0.39, 0.29) is 0 Å². The van der Waals surface area contributed by atoms with E-state index in [0.717, 1.165) is 17.7 Å². The van der Waals surface area contributed by atoms with Crippen LogP contribution in [0.1, 0.15) is 32.3 Å². The zero-order valence-corrected chi connectivity index (χ0v) is 10.4. The topological polar surface area (TPSA) is 38.7 Å². The second-order valence-electron chi connectivity index (χ2n) is 4.09. The average molecular weight is 224 g/mol. The summed E-state index contributed by atoms with van der Waals surface area (Å²) < 4.78 is 10.4. The van der Waals surface area contributed by atoms with Gasteiger partial charge in [0.2, 0.25) is 0 Å². The molecule has 0 aromatic heterocycles. The molecule has 0 heterocycles. The number of hydrogen-bond donors (Lipinski definition) is 1. The van der Waals surface area contributed by atoms with Gasteiger partial charge in [-0.15, -0.1) is 0 Å². The minimum atomic E-state index is -0.855. The van der Waals surface area contributed by atoms with Gasteiger partial charge in [-0.25, -0.2) is 0 Å². The molecule has 0 aliphatic carbocycles. The van der Waals surface area contributed by atoms with Gasteiger partial charge in [0.05, 0.1) is 19.8 Å². The number of rotatable bonds is 5. The normalized spacial score (nSPS) is 14.3. The second-order valence-corrected chi connectivity index (χ2v) is 4.09. The number of aliphatic hydroxyl groups is 1. The van der Waals surface area contributed by atoms with Crippen LogP contribution >= 0.6 is 0 Å². The molecule has 0 saturated carbocycles. The fourth-order valence-electron chi connectivity index (χ4n) is 1.86. The van der Waals surface area contributed by atoms with E-state index < -0.39 is 5.60 Å². The molecule has 1 aromatic carbocycles. The van der Waals surface area contributed by atoms with Gasteiger partial charge in [0.25, 0.3) is 0 Å². The lowest BCUT2D eigenvalue weighted by atomic mass is 9.90. The van der Waals surface area contributed by atoms with Gasteiger partial charge in [0.15, 0.2) is 0 Å². The molecule has 0 unspecified atom stereocenters. The Morgan fingerprint density at radius 3 is 2.44 bits per heavy atom. The van der Waals surface area contributed by atoms with Crippen LogP contribution in [0, 0.1) is 0 Å². The number of hydrogen-bond acceptors (Lipinski definition) is 3. The van der Waals surface area contributed by atoms with Crippen molar-refractivity contribution in [3.8, 4) is 11.5 Å². The van der Waals surface area contributed by atoms with Crippen LogP contribution in [0.4, 0.5) is 0 Å². The molecule has 0 saturated heterocycles. The molecule has 1 atom stereocenters. The number of benzene rings is 1. The molecule has 0 radical (unpaired) electrons. The Morgan fingerprint density at radius 1 is 1.25 bits per heavy atom. The quantitative estimate of drug-likeness (QED) is 0.835. The van der Waals surface area contributed by atoms with E-state index in [2.05, 4.69) is 0 Å². The van der Waals surface area contributed by atoms with Crippen LogP contribution in [0.2, 0.25) is 0 Å². The van der Waals surface area contributed by atoms with Crippen molar-refractivity contribution in [2.45, 2.75) is 32.3 Å². The van der Waals surface area contributed by atoms with E-state index in [9.17, 15) is 5.11 Å². The van der Waals surface area contributed by atoms with Crippen molar-refractivity contribution >= 4 is 0 Å². The molecule has 1 rings (SSSR count). The summed E-state index contributed by atoms with van der Waals surface area (Å²) in [4.78, 5) is 0. The summed E-state index contributed by atoms with van der Waals surface area (Å²) in [6.07, 6.45) is 1.62. The van der Waals surface area contributed by atoms with Gasteiger partial charge in [-0.1, -0.05) is 13.3 Å². The van der Waals surface area contributed by atoms with E-state index in [1.165, 1.54) is 0 Å². The van der Waals surface area contributed by atoms with E-state index in [1.54, 1.807) is 27.2 Å². The first-order chi connectivity index (χ1) is 7.55. The Labute approximate surface area is 97.0 Å². The maximum Gasteiger partial charge on any atom is 0.128 e. The molecule has 0 aliphatic heterocycles. The third-order valence-electron chi connectivity index (χ3n) is 2.73. The first-order valence-corrected chi connectivity index (χ1v) is 5.50. The molecular formula is C13H20O3. The first-order valence-electron chi connectivity index (χ1n) is 5.50. The molecule has 0 spiro atoms. The molecule has 90 valence electrons. The van der Waals surface area contributed by atoms with Crippen LogP contribution in [0.25, 0.3) is 0 Å². The molecule has 0 amide bonds. The van der Waals surface area contributed by atoms with Gasteiger partial charge >= 0.3 is 0 Å². The third kappa shape index (κ3) is 2.67. The molecule has 0 aliphatic rings. The zero-order chi connectivity index (χ0) is 12.2. The van der Waals surface area contributed by atoms with Gasteiger partial charge in [0, 0.05) is 11.6 Å². The van der Waals surface area contributed by atoms with Crippen LogP contribution < -0.4 is 9.47 Å². The minimum Gasteiger partial charge on any atom is -0.497 e. The molecule has 0 fully saturated rings. The van der Waals surface area contributed by atoms with Gasteiger partial charge in [-0.2, -0.15) is 0 Å². The second kappa shape index (κ2) is 5.21. The van der Waals surface area contributed by atoms with Crippen molar-refractivity contribution in [1.29, 1.82) is 0 Å².